The third-order valence-corrected chi connectivity index (χ3v) is 2.86. The van der Waals surface area contributed by atoms with Gasteiger partial charge in [0.1, 0.15) is 5.75 Å². The molecule has 0 unspecified atom stereocenters. The van der Waals surface area contributed by atoms with Gasteiger partial charge in [-0.25, -0.2) is 0 Å². The van der Waals surface area contributed by atoms with Crippen LogP contribution in [0, 0.1) is 6.92 Å². The Balaban J connectivity index is 2.34. The molecule has 0 spiro atoms. The molecule has 0 aliphatic heterocycles. The van der Waals surface area contributed by atoms with Gasteiger partial charge in [0.2, 0.25) is 0 Å². The number of hydrogen-bond acceptors (Lipinski definition) is 4. The molecule has 0 saturated carbocycles. The fourth-order valence-corrected chi connectivity index (χ4v) is 1.76. The van der Waals surface area contributed by atoms with Crippen LogP contribution >= 0.6 is 0 Å². The lowest BCUT2D eigenvalue weighted by Crippen LogP contribution is -2.14. The Bertz CT molecular complexity index is 632. The van der Waals surface area contributed by atoms with Gasteiger partial charge in [-0.3, -0.25) is 4.68 Å². The normalized spacial score (nSPS) is 11.9. The van der Waals surface area contributed by atoms with Gasteiger partial charge in [0.25, 0.3) is 0 Å². The molecule has 0 fully saturated rings. The van der Waals surface area contributed by atoms with Crippen LogP contribution in [0.1, 0.15) is 31.0 Å². The van der Waals surface area contributed by atoms with E-state index in [9.17, 15) is 0 Å². The van der Waals surface area contributed by atoms with E-state index in [0.717, 1.165) is 5.56 Å². The number of nitrogens with zero attached hydrogens (tertiary/aromatic N) is 3. The van der Waals surface area contributed by atoms with Crippen LogP contribution in [0.25, 0.3) is 0 Å². The molecule has 0 atom stereocenters. The summed E-state index contributed by atoms with van der Waals surface area (Å²) in [7, 11) is 0. The Morgan fingerprint density at radius 1 is 1.45 bits per heavy atom. The minimum absolute atomic E-state index is 0.0104. The molecule has 3 N–H and O–H groups in total. The zero-order chi connectivity index (χ0) is 14.7. The van der Waals surface area contributed by atoms with Crippen molar-refractivity contribution in [1.82, 2.24) is 9.78 Å². The SMILES string of the molecule is Cc1ccc(/C(N)=N/O)c(Oc2cnn(C(C)C)c2)c1. The predicted octanol–water partition coefficient (Wildman–Crippen LogP) is 2.66. The van der Waals surface area contributed by atoms with Crippen LogP contribution in [0.15, 0.2) is 35.7 Å². The minimum Gasteiger partial charge on any atom is -0.453 e. The zero-order valence-corrected chi connectivity index (χ0v) is 11.7. The average molecular weight is 274 g/mol. The number of aryl methyl sites for hydroxylation is 1. The van der Waals surface area contributed by atoms with Crippen molar-refractivity contribution in [2.45, 2.75) is 26.8 Å². The lowest BCUT2D eigenvalue weighted by atomic mass is 10.1. The Hall–Kier alpha value is -2.50. The van der Waals surface area contributed by atoms with E-state index in [1.807, 2.05) is 39.1 Å². The Labute approximate surface area is 117 Å². The molecule has 1 heterocycles. The first-order valence-corrected chi connectivity index (χ1v) is 6.32. The number of benzene rings is 1. The van der Waals surface area contributed by atoms with Crippen LogP contribution in [0.5, 0.6) is 11.5 Å². The summed E-state index contributed by atoms with van der Waals surface area (Å²) < 4.78 is 7.59. The van der Waals surface area contributed by atoms with E-state index in [2.05, 4.69) is 10.3 Å². The minimum atomic E-state index is 0.0104. The molecule has 0 saturated heterocycles. The van der Waals surface area contributed by atoms with Gasteiger partial charge in [0, 0.05) is 6.04 Å². The lowest BCUT2D eigenvalue weighted by molar-refractivity contribution is 0.318. The van der Waals surface area contributed by atoms with Crippen molar-refractivity contribution in [2.24, 2.45) is 10.9 Å². The van der Waals surface area contributed by atoms with Crippen molar-refractivity contribution in [3.8, 4) is 11.5 Å². The molecular weight excluding hydrogens is 256 g/mol. The van der Waals surface area contributed by atoms with Crippen LogP contribution in [0.2, 0.25) is 0 Å². The molecule has 2 rings (SSSR count). The first-order valence-electron chi connectivity index (χ1n) is 6.32. The summed E-state index contributed by atoms with van der Waals surface area (Å²) in [6.07, 6.45) is 3.45. The van der Waals surface area contributed by atoms with Crippen LogP contribution in [0.3, 0.4) is 0 Å². The van der Waals surface area contributed by atoms with Gasteiger partial charge in [-0.1, -0.05) is 11.2 Å². The molecule has 0 aliphatic rings. The molecular formula is C14H18N4O2. The van der Waals surface area contributed by atoms with Crippen molar-refractivity contribution in [2.75, 3.05) is 0 Å². The largest absolute Gasteiger partial charge is 0.453 e. The van der Waals surface area contributed by atoms with Crippen molar-refractivity contribution in [3.05, 3.63) is 41.7 Å². The van der Waals surface area contributed by atoms with Gasteiger partial charge in [-0.05, 0) is 38.5 Å². The van der Waals surface area contributed by atoms with E-state index < -0.39 is 0 Å². The van der Waals surface area contributed by atoms with Crippen LogP contribution < -0.4 is 10.5 Å². The standard InChI is InChI=1S/C14H18N4O2/c1-9(2)18-8-11(7-16-18)20-13-6-10(3)4-5-12(13)14(15)17-19/h4-9,19H,1-3H3,(H2,15,17). The third kappa shape index (κ3) is 2.90. The highest BCUT2D eigenvalue weighted by molar-refractivity contribution is 5.99. The monoisotopic (exact) mass is 274 g/mol. The summed E-state index contributed by atoms with van der Waals surface area (Å²) in [5, 5.41) is 16.0. The van der Waals surface area contributed by atoms with Crippen LogP contribution in [0.4, 0.5) is 0 Å². The second-order valence-electron chi connectivity index (χ2n) is 4.84. The van der Waals surface area contributed by atoms with Crippen molar-refractivity contribution in [1.29, 1.82) is 0 Å². The van der Waals surface area contributed by atoms with E-state index in [4.69, 9.17) is 15.7 Å². The molecule has 0 aliphatic carbocycles. The topological polar surface area (TPSA) is 85.7 Å². The summed E-state index contributed by atoms with van der Waals surface area (Å²) in [6.45, 7) is 6.01. The number of rotatable bonds is 4. The fourth-order valence-electron chi connectivity index (χ4n) is 1.76. The van der Waals surface area contributed by atoms with Crippen LogP contribution in [-0.2, 0) is 0 Å². The number of amidine groups is 1. The Kier molecular flexibility index (Phi) is 3.93. The summed E-state index contributed by atoms with van der Waals surface area (Å²) in [4.78, 5) is 0. The molecule has 20 heavy (non-hydrogen) atoms. The quantitative estimate of drug-likeness (QED) is 0.388. The summed E-state index contributed by atoms with van der Waals surface area (Å²) in [5.41, 5.74) is 7.21. The highest BCUT2D eigenvalue weighted by Crippen LogP contribution is 2.26. The van der Waals surface area contributed by atoms with Gasteiger partial charge >= 0.3 is 0 Å². The molecule has 2 aromatic rings. The Morgan fingerprint density at radius 3 is 2.80 bits per heavy atom. The van der Waals surface area contributed by atoms with Crippen molar-refractivity contribution < 1.29 is 9.94 Å². The number of oxime groups is 1. The zero-order valence-electron chi connectivity index (χ0n) is 11.7. The molecule has 1 aromatic carbocycles. The average Bonchev–Trinajstić information content (AvgIpc) is 2.87. The molecule has 1 aromatic heterocycles. The first kappa shape index (κ1) is 13.9. The molecule has 0 amide bonds. The lowest BCUT2D eigenvalue weighted by Gasteiger charge is -2.09. The Morgan fingerprint density at radius 2 is 2.20 bits per heavy atom. The van der Waals surface area contributed by atoms with Gasteiger partial charge < -0.3 is 15.7 Å². The maximum atomic E-state index is 8.82. The van der Waals surface area contributed by atoms with Gasteiger partial charge in [0.15, 0.2) is 11.6 Å². The van der Waals surface area contributed by atoms with Gasteiger partial charge in [-0.2, -0.15) is 5.10 Å². The molecule has 6 heteroatoms. The predicted molar refractivity (Wildman–Crippen MR) is 76.4 cm³/mol. The van der Waals surface area contributed by atoms with E-state index in [1.165, 1.54) is 0 Å². The van der Waals surface area contributed by atoms with E-state index >= 15 is 0 Å². The third-order valence-electron chi connectivity index (χ3n) is 2.86. The fraction of sp³-hybridized carbons (Fsp3) is 0.286. The van der Waals surface area contributed by atoms with E-state index in [0.29, 0.717) is 17.1 Å². The molecule has 6 nitrogen and oxygen atoms in total. The number of aromatic nitrogens is 2. The number of ether oxygens (including phenoxy) is 1. The number of hydrogen-bond donors (Lipinski definition) is 2. The van der Waals surface area contributed by atoms with Gasteiger partial charge in [0.05, 0.1) is 18.0 Å². The van der Waals surface area contributed by atoms with Gasteiger partial charge in [-0.15, -0.1) is 0 Å². The van der Waals surface area contributed by atoms with Crippen molar-refractivity contribution in [3.63, 3.8) is 0 Å². The van der Waals surface area contributed by atoms with Crippen LogP contribution in [-0.4, -0.2) is 20.8 Å². The van der Waals surface area contributed by atoms with E-state index in [1.54, 1.807) is 16.9 Å². The highest BCUT2D eigenvalue weighted by Gasteiger charge is 2.11. The maximum absolute atomic E-state index is 8.82. The summed E-state index contributed by atoms with van der Waals surface area (Å²) in [5.74, 6) is 1.15. The highest BCUT2D eigenvalue weighted by atomic mass is 16.5. The smallest absolute Gasteiger partial charge is 0.173 e. The molecule has 106 valence electrons. The summed E-state index contributed by atoms with van der Waals surface area (Å²) in [6, 6.07) is 5.72. The van der Waals surface area contributed by atoms with E-state index in [-0.39, 0.29) is 11.9 Å². The molecule has 0 bridgehead atoms. The number of nitrogens with two attached hydrogens (primary N) is 1. The van der Waals surface area contributed by atoms with Crippen molar-refractivity contribution >= 4 is 5.84 Å². The first-order chi connectivity index (χ1) is 9.51. The maximum Gasteiger partial charge on any atom is 0.173 e. The second-order valence-corrected chi connectivity index (χ2v) is 4.84. The second kappa shape index (κ2) is 5.64. The summed E-state index contributed by atoms with van der Waals surface area (Å²) >= 11 is 0. The molecule has 0 radical (unpaired) electrons.